The Labute approximate surface area is 147 Å². The van der Waals surface area contributed by atoms with E-state index in [1.165, 1.54) is 7.11 Å². The van der Waals surface area contributed by atoms with Crippen LogP contribution in [0.2, 0.25) is 0 Å². The zero-order chi connectivity index (χ0) is 16.0. The summed E-state index contributed by atoms with van der Waals surface area (Å²) in [5.41, 5.74) is 0. The number of ether oxygens (including phenoxy) is 3. The molecule has 1 aliphatic heterocycles. The van der Waals surface area contributed by atoms with Crippen molar-refractivity contribution in [3.63, 3.8) is 0 Å². The third-order valence-electron chi connectivity index (χ3n) is 4.29. The molecule has 21 heavy (non-hydrogen) atoms. The van der Waals surface area contributed by atoms with Crippen LogP contribution in [0.15, 0.2) is 10.1 Å². The van der Waals surface area contributed by atoms with Crippen LogP contribution in [0.25, 0.3) is 0 Å². The van der Waals surface area contributed by atoms with E-state index < -0.39 is 37.7 Å². The first-order chi connectivity index (χ1) is 9.61. The number of methoxy groups -OCH3 is 2. The number of hydrogen-bond acceptors (Lipinski definition) is 5. The molecule has 0 unspecified atom stereocenters. The van der Waals surface area contributed by atoms with E-state index in [1.807, 2.05) is 0 Å². The SMILES string of the molecule is COC(=O)[C@]1(Br)[C@H]2C(=O)O[C@@]3(OC)[C@@]1(Cl)C(Cl)=C(Cl)[C@]23Cl. The topological polar surface area (TPSA) is 61.8 Å². The number of hydrogen-bond donors (Lipinski definition) is 0. The van der Waals surface area contributed by atoms with Crippen molar-refractivity contribution in [1.29, 1.82) is 0 Å². The standard InChI is InChI=1S/C11H7BrCl4O5/c1-19-7(18)8(12)3-6(17)21-11(20-2)9(3,15)4(13)5(14)10(8,11)16/h3H,1-2H3/t3-,8-,9-,10-,11-/m1/s1. The molecule has 1 saturated heterocycles. The van der Waals surface area contributed by atoms with E-state index in [0.29, 0.717) is 0 Å². The fourth-order valence-corrected chi connectivity index (χ4v) is 6.94. The van der Waals surface area contributed by atoms with E-state index in [0.717, 1.165) is 7.11 Å². The largest absolute Gasteiger partial charge is 0.468 e. The summed E-state index contributed by atoms with van der Waals surface area (Å²) in [5.74, 6) is -4.79. The molecule has 1 saturated carbocycles. The Bertz CT molecular complexity index is 626. The molecule has 10 heteroatoms. The lowest BCUT2D eigenvalue weighted by Crippen LogP contribution is -2.65. The third kappa shape index (κ3) is 1.20. The first-order valence-corrected chi connectivity index (χ1v) is 7.91. The molecule has 1 heterocycles. The Kier molecular flexibility index (Phi) is 3.24. The van der Waals surface area contributed by atoms with E-state index >= 15 is 0 Å². The van der Waals surface area contributed by atoms with E-state index in [4.69, 9.17) is 60.6 Å². The first kappa shape index (κ1) is 16.1. The third-order valence-corrected chi connectivity index (χ3v) is 8.54. The molecule has 5 atom stereocenters. The predicted molar refractivity (Wildman–Crippen MR) is 78.9 cm³/mol. The lowest BCUT2D eigenvalue weighted by atomic mass is 9.81. The molecule has 0 spiro atoms. The summed E-state index contributed by atoms with van der Waals surface area (Å²) in [6.07, 6.45) is 0. The van der Waals surface area contributed by atoms with Gasteiger partial charge in [-0.15, -0.1) is 23.2 Å². The summed E-state index contributed by atoms with van der Waals surface area (Å²) in [5, 5.41) is -0.216. The maximum Gasteiger partial charge on any atom is 0.326 e. The fraction of sp³-hybridized carbons (Fsp3) is 0.636. The average Bonchev–Trinajstić information content (AvgIpc) is 2.82. The van der Waals surface area contributed by atoms with E-state index in [2.05, 4.69) is 15.9 Å². The Morgan fingerprint density at radius 2 is 1.86 bits per heavy atom. The molecule has 3 rings (SSSR count). The molecule has 3 aliphatic rings. The van der Waals surface area contributed by atoms with Crippen LogP contribution in [-0.4, -0.2) is 46.0 Å². The van der Waals surface area contributed by atoms with Gasteiger partial charge in [0.15, 0.2) is 14.1 Å². The highest BCUT2D eigenvalue weighted by molar-refractivity contribution is 9.10. The average molecular weight is 441 g/mol. The van der Waals surface area contributed by atoms with Crippen LogP contribution in [0.5, 0.6) is 0 Å². The van der Waals surface area contributed by atoms with Gasteiger partial charge in [0.1, 0.15) is 5.92 Å². The molecule has 2 fully saturated rings. The van der Waals surface area contributed by atoms with Crippen molar-refractivity contribution in [1.82, 2.24) is 0 Å². The Balaban J connectivity index is 2.42. The van der Waals surface area contributed by atoms with Gasteiger partial charge in [-0.25, -0.2) is 0 Å². The Morgan fingerprint density at radius 1 is 1.29 bits per heavy atom. The smallest absolute Gasteiger partial charge is 0.326 e. The van der Waals surface area contributed by atoms with Gasteiger partial charge in [0.25, 0.3) is 5.79 Å². The summed E-state index contributed by atoms with van der Waals surface area (Å²) in [6, 6.07) is 0. The zero-order valence-corrected chi connectivity index (χ0v) is 15.1. The fourth-order valence-electron chi connectivity index (χ4n) is 3.45. The quantitative estimate of drug-likeness (QED) is 0.487. The zero-order valence-electron chi connectivity index (χ0n) is 10.5. The van der Waals surface area contributed by atoms with Crippen molar-refractivity contribution in [2.45, 2.75) is 19.9 Å². The van der Waals surface area contributed by atoms with Crippen molar-refractivity contribution >= 4 is 74.3 Å². The summed E-state index contributed by atoms with van der Waals surface area (Å²) >= 11 is 28.8. The lowest BCUT2D eigenvalue weighted by molar-refractivity contribution is -0.219. The highest BCUT2D eigenvalue weighted by Gasteiger charge is 2.98. The van der Waals surface area contributed by atoms with Gasteiger partial charge in [0, 0.05) is 7.11 Å². The second-order valence-corrected chi connectivity index (χ2v) is 8.05. The van der Waals surface area contributed by atoms with Crippen LogP contribution in [-0.2, 0) is 23.8 Å². The van der Waals surface area contributed by atoms with Gasteiger partial charge < -0.3 is 14.2 Å². The lowest BCUT2D eigenvalue weighted by Gasteiger charge is -2.45. The summed E-state index contributed by atoms with van der Waals surface area (Å²) < 4.78 is 13.6. The molecular weight excluding hydrogens is 434 g/mol. The monoisotopic (exact) mass is 438 g/mol. The van der Waals surface area contributed by atoms with Crippen LogP contribution in [0, 0.1) is 5.92 Å². The first-order valence-electron chi connectivity index (χ1n) is 5.60. The van der Waals surface area contributed by atoms with Gasteiger partial charge >= 0.3 is 11.9 Å². The Hall–Kier alpha value is 0.280. The number of halogens is 5. The molecule has 4 bridgehead atoms. The van der Waals surface area contributed by atoms with E-state index in [9.17, 15) is 9.59 Å². The number of alkyl halides is 3. The molecule has 0 aromatic heterocycles. The van der Waals surface area contributed by atoms with Crippen molar-refractivity contribution in [2.75, 3.05) is 14.2 Å². The second-order valence-electron chi connectivity index (χ2n) is 4.88. The van der Waals surface area contributed by atoms with Crippen LogP contribution in [0.4, 0.5) is 0 Å². The summed E-state index contributed by atoms with van der Waals surface area (Å²) in [6.45, 7) is 0. The number of esters is 2. The molecule has 116 valence electrons. The van der Waals surface area contributed by atoms with Crippen LogP contribution >= 0.6 is 62.3 Å². The number of carbonyl (C=O) groups excluding carboxylic acids is 2. The van der Waals surface area contributed by atoms with Crippen molar-refractivity contribution in [3.05, 3.63) is 10.1 Å². The van der Waals surface area contributed by atoms with Crippen molar-refractivity contribution in [2.24, 2.45) is 5.92 Å². The number of carbonyl (C=O) groups is 2. The van der Waals surface area contributed by atoms with Gasteiger partial charge in [-0.3, -0.25) is 9.59 Å². The number of rotatable bonds is 2. The molecular formula is C11H7BrCl4O5. The van der Waals surface area contributed by atoms with Crippen LogP contribution < -0.4 is 0 Å². The van der Waals surface area contributed by atoms with Gasteiger partial charge in [-0.05, 0) is 0 Å². The minimum atomic E-state index is -1.92. The van der Waals surface area contributed by atoms with E-state index in [1.54, 1.807) is 0 Å². The minimum absolute atomic E-state index is 0.0856. The predicted octanol–water partition coefficient (Wildman–Crippen LogP) is 2.48. The summed E-state index contributed by atoms with van der Waals surface area (Å²) in [4.78, 5) is 21.0. The van der Waals surface area contributed by atoms with Crippen molar-refractivity contribution in [3.8, 4) is 0 Å². The molecule has 5 nitrogen and oxygen atoms in total. The molecule has 0 aromatic rings. The van der Waals surface area contributed by atoms with Gasteiger partial charge in [-0.2, -0.15) is 0 Å². The van der Waals surface area contributed by atoms with Gasteiger partial charge in [-0.1, -0.05) is 39.1 Å². The Morgan fingerprint density at radius 3 is 2.29 bits per heavy atom. The molecule has 0 N–H and O–H groups in total. The van der Waals surface area contributed by atoms with Crippen LogP contribution in [0.3, 0.4) is 0 Å². The highest BCUT2D eigenvalue weighted by atomic mass is 79.9. The molecule has 0 radical (unpaired) electrons. The van der Waals surface area contributed by atoms with E-state index in [-0.39, 0.29) is 10.1 Å². The van der Waals surface area contributed by atoms with Crippen molar-refractivity contribution < 1.29 is 23.8 Å². The molecule has 0 amide bonds. The van der Waals surface area contributed by atoms with Crippen LogP contribution in [0.1, 0.15) is 0 Å². The maximum atomic E-state index is 12.3. The van der Waals surface area contributed by atoms with Gasteiger partial charge in [0.05, 0.1) is 17.2 Å². The molecule has 0 aromatic carbocycles. The molecule has 2 aliphatic carbocycles. The second kappa shape index (κ2) is 4.22. The highest BCUT2D eigenvalue weighted by Crippen LogP contribution is 2.80. The minimum Gasteiger partial charge on any atom is -0.468 e. The summed E-state index contributed by atoms with van der Waals surface area (Å²) in [7, 11) is 2.38. The van der Waals surface area contributed by atoms with Gasteiger partial charge in [0.2, 0.25) is 0 Å². The normalized spacial score (nSPS) is 50.6. The maximum absolute atomic E-state index is 12.3.